The van der Waals surface area contributed by atoms with Crippen LogP contribution < -0.4 is 5.32 Å². The number of nitrogens with zero attached hydrogens (tertiary/aromatic N) is 2. The quantitative estimate of drug-likeness (QED) is 0.731. The molecule has 2 heterocycles. The summed E-state index contributed by atoms with van der Waals surface area (Å²) in [7, 11) is 0. The fourth-order valence-corrected chi connectivity index (χ4v) is 3.89. The van der Waals surface area contributed by atoms with Crippen molar-refractivity contribution < 1.29 is 4.39 Å². The number of halogens is 1. The monoisotopic (exact) mass is 351 g/mol. The molecule has 0 unspecified atom stereocenters. The number of fused-ring (bicyclic) bond motifs is 1. The van der Waals surface area contributed by atoms with Gasteiger partial charge in [0.1, 0.15) is 5.82 Å². The molecule has 1 N–H and O–H groups in total. The first-order chi connectivity index (χ1) is 12.8. The maximum atomic E-state index is 14.1. The zero-order chi connectivity index (χ0) is 17.8. The molecule has 0 amide bonds. The molecule has 136 valence electrons. The van der Waals surface area contributed by atoms with Crippen LogP contribution >= 0.6 is 0 Å². The van der Waals surface area contributed by atoms with E-state index in [0.29, 0.717) is 6.54 Å². The SMILES string of the molecule is Fc1ccccc1Cn1cc(CCCN2CCNCC2)c2ccccc21. The van der Waals surface area contributed by atoms with Crippen molar-refractivity contribution in [2.24, 2.45) is 0 Å². The van der Waals surface area contributed by atoms with E-state index in [-0.39, 0.29) is 5.82 Å². The zero-order valence-corrected chi connectivity index (χ0v) is 15.1. The molecule has 4 rings (SSSR count). The summed E-state index contributed by atoms with van der Waals surface area (Å²) in [5.41, 5.74) is 3.29. The first-order valence-corrected chi connectivity index (χ1v) is 9.54. The highest BCUT2D eigenvalue weighted by Crippen LogP contribution is 2.24. The third-order valence-electron chi connectivity index (χ3n) is 5.30. The molecule has 0 spiro atoms. The van der Waals surface area contributed by atoms with Gasteiger partial charge in [-0.3, -0.25) is 0 Å². The highest BCUT2D eigenvalue weighted by molar-refractivity contribution is 5.84. The van der Waals surface area contributed by atoms with Crippen LogP contribution in [0.4, 0.5) is 4.39 Å². The number of aryl methyl sites for hydroxylation is 1. The van der Waals surface area contributed by atoms with Gasteiger partial charge in [-0.15, -0.1) is 0 Å². The molecular weight excluding hydrogens is 325 g/mol. The predicted molar refractivity (Wildman–Crippen MR) is 105 cm³/mol. The van der Waals surface area contributed by atoms with Crippen LogP contribution in [0.1, 0.15) is 17.5 Å². The molecule has 3 aromatic rings. The Bertz CT molecular complexity index is 865. The molecule has 0 saturated carbocycles. The van der Waals surface area contributed by atoms with Gasteiger partial charge in [0.25, 0.3) is 0 Å². The molecular formula is C22H26FN3. The Morgan fingerprint density at radius 2 is 1.69 bits per heavy atom. The lowest BCUT2D eigenvalue weighted by molar-refractivity contribution is 0.238. The summed E-state index contributed by atoms with van der Waals surface area (Å²) >= 11 is 0. The first kappa shape index (κ1) is 17.3. The highest BCUT2D eigenvalue weighted by Gasteiger charge is 2.12. The van der Waals surface area contributed by atoms with Gasteiger partial charge < -0.3 is 14.8 Å². The number of benzene rings is 2. The van der Waals surface area contributed by atoms with Crippen LogP contribution in [0.25, 0.3) is 10.9 Å². The lowest BCUT2D eigenvalue weighted by Crippen LogP contribution is -2.43. The summed E-state index contributed by atoms with van der Waals surface area (Å²) in [5, 5.41) is 4.70. The van der Waals surface area contributed by atoms with E-state index in [2.05, 4.69) is 45.2 Å². The van der Waals surface area contributed by atoms with Crippen molar-refractivity contribution in [2.75, 3.05) is 32.7 Å². The van der Waals surface area contributed by atoms with E-state index >= 15 is 0 Å². The number of para-hydroxylation sites is 1. The number of nitrogens with one attached hydrogen (secondary N) is 1. The Balaban J connectivity index is 1.51. The zero-order valence-electron chi connectivity index (χ0n) is 15.1. The summed E-state index contributed by atoms with van der Waals surface area (Å²) < 4.78 is 16.3. The molecule has 0 radical (unpaired) electrons. The number of aromatic nitrogens is 1. The molecule has 0 atom stereocenters. The van der Waals surface area contributed by atoms with Gasteiger partial charge in [0.15, 0.2) is 0 Å². The van der Waals surface area contributed by atoms with Gasteiger partial charge in [0, 0.05) is 48.8 Å². The van der Waals surface area contributed by atoms with E-state index in [9.17, 15) is 4.39 Å². The van der Waals surface area contributed by atoms with Crippen molar-refractivity contribution in [1.82, 2.24) is 14.8 Å². The Hall–Kier alpha value is -2.17. The summed E-state index contributed by atoms with van der Waals surface area (Å²) in [4.78, 5) is 2.54. The van der Waals surface area contributed by atoms with Crippen molar-refractivity contribution in [2.45, 2.75) is 19.4 Å². The van der Waals surface area contributed by atoms with Gasteiger partial charge >= 0.3 is 0 Å². The molecule has 0 aliphatic carbocycles. The maximum Gasteiger partial charge on any atom is 0.128 e. The Kier molecular flexibility index (Phi) is 5.32. The average Bonchev–Trinajstić information content (AvgIpc) is 3.02. The van der Waals surface area contributed by atoms with Crippen LogP contribution in [0.15, 0.2) is 54.7 Å². The number of piperazine rings is 1. The topological polar surface area (TPSA) is 20.2 Å². The first-order valence-electron chi connectivity index (χ1n) is 9.54. The smallest absolute Gasteiger partial charge is 0.128 e. The number of hydrogen-bond donors (Lipinski definition) is 1. The minimum Gasteiger partial charge on any atom is -0.343 e. The summed E-state index contributed by atoms with van der Waals surface area (Å²) in [5.74, 6) is -0.134. The summed E-state index contributed by atoms with van der Waals surface area (Å²) in [6.45, 7) is 6.22. The normalized spacial score (nSPS) is 15.6. The fraction of sp³-hybridized carbons (Fsp3) is 0.364. The number of hydrogen-bond acceptors (Lipinski definition) is 2. The molecule has 0 bridgehead atoms. The van der Waals surface area contributed by atoms with Crippen LogP contribution in [-0.4, -0.2) is 42.2 Å². The molecule has 1 aliphatic heterocycles. The van der Waals surface area contributed by atoms with Crippen LogP contribution in [0.2, 0.25) is 0 Å². The van der Waals surface area contributed by atoms with E-state index in [1.54, 1.807) is 6.07 Å². The molecule has 1 aliphatic rings. The van der Waals surface area contributed by atoms with Gasteiger partial charge in [-0.25, -0.2) is 4.39 Å². The predicted octanol–water partition coefficient (Wildman–Crippen LogP) is 3.67. The molecule has 2 aromatic carbocycles. The Morgan fingerprint density at radius 3 is 2.54 bits per heavy atom. The van der Waals surface area contributed by atoms with Crippen molar-refractivity contribution in [1.29, 1.82) is 0 Å². The second-order valence-electron chi connectivity index (χ2n) is 7.09. The van der Waals surface area contributed by atoms with Crippen molar-refractivity contribution in [3.63, 3.8) is 0 Å². The third-order valence-corrected chi connectivity index (χ3v) is 5.30. The van der Waals surface area contributed by atoms with Crippen molar-refractivity contribution >= 4 is 10.9 Å². The van der Waals surface area contributed by atoms with E-state index in [0.717, 1.165) is 51.1 Å². The van der Waals surface area contributed by atoms with E-state index in [4.69, 9.17) is 0 Å². The average molecular weight is 351 g/mol. The van der Waals surface area contributed by atoms with Crippen LogP contribution in [0, 0.1) is 5.82 Å². The summed E-state index contributed by atoms with van der Waals surface area (Å²) in [6.07, 6.45) is 4.44. The van der Waals surface area contributed by atoms with E-state index in [1.807, 2.05) is 12.1 Å². The highest BCUT2D eigenvalue weighted by atomic mass is 19.1. The van der Waals surface area contributed by atoms with Crippen LogP contribution in [-0.2, 0) is 13.0 Å². The van der Waals surface area contributed by atoms with E-state index in [1.165, 1.54) is 22.5 Å². The molecule has 1 aromatic heterocycles. The van der Waals surface area contributed by atoms with E-state index < -0.39 is 0 Å². The Labute approximate surface area is 154 Å². The minimum absolute atomic E-state index is 0.134. The van der Waals surface area contributed by atoms with Gasteiger partial charge in [0.2, 0.25) is 0 Å². The Morgan fingerprint density at radius 1 is 0.923 bits per heavy atom. The maximum absolute atomic E-state index is 14.1. The minimum atomic E-state index is -0.134. The lowest BCUT2D eigenvalue weighted by atomic mass is 10.1. The number of rotatable bonds is 6. The second-order valence-corrected chi connectivity index (χ2v) is 7.09. The van der Waals surface area contributed by atoms with Crippen LogP contribution in [0.3, 0.4) is 0 Å². The third kappa shape index (κ3) is 3.81. The fourth-order valence-electron chi connectivity index (χ4n) is 3.89. The molecule has 3 nitrogen and oxygen atoms in total. The van der Waals surface area contributed by atoms with Gasteiger partial charge in [-0.2, -0.15) is 0 Å². The lowest BCUT2D eigenvalue weighted by Gasteiger charge is -2.26. The molecule has 4 heteroatoms. The standard InChI is InChI=1S/C22H26FN3/c23-21-9-3-1-6-19(21)17-26-16-18(20-8-2-4-10-22(20)26)7-5-13-25-14-11-24-12-15-25/h1-4,6,8-10,16,24H,5,7,11-15,17H2. The van der Waals surface area contributed by atoms with Crippen molar-refractivity contribution in [3.8, 4) is 0 Å². The van der Waals surface area contributed by atoms with Gasteiger partial charge in [-0.1, -0.05) is 36.4 Å². The van der Waals surface area contributed by atoms with Gasteiger partial charge in [0.05, 0.1) is 6.54 Å². The van der Waals surface area contributed by atoms with Crippen LogP contribution in [0.5, 0.6) is 0 Å². The van der Waals surface area contributed by atoms with Gasteiger partial charge in [-0.05, 0) is 37.1 Å². The van der Waals surface area contributed by atoms with Crippen molar-refractivity contribution in [3.05, 3.63) is 71.7 Å². The summed E-state index contributed by atoms with van der Waals surface area (Å²) in [6, 6.07) is 15.5. The molecule has 1 fully saturated rings. The largest absolute Gasteiger partial charge is 0.343 e. The molecule has 26 heavy (non-hydrogen) atoms. The molecule has 1 saturated heterocycles. The second kappa shape index (κ2) is 8.02.